The van der Waals surface area contributed by atoms with Gasteiger partial charge in [-0.2, -0.15) is 5.26 Å². The Bertz CT molecular complexity index is 1730. The fraction of sp³-hybridized carbons (Fsp3) is 0.240. The molecule has 1 saturated heterocycles. The number of carbonyl (C=O) groups excluding carboxylic acids is 3. The highest BCUT2D eigenvalue weighted by atomic mass is 32.2. The number of anilines is 1. The number of amides is 2. The minimum atomic E-state index is -1.07. The summed E-state index contributed by atoms with van der Waals surface area (Å²) >= 11 is 2.30. The molecule has 2 aromatic heterocycles. The van der Waals surface area contributed by atoms with E-state index in [1.165, 1.54) is 35.0 Å². The molecular formula is C25H20N6O9S2. The van der Waals surface area contributed by atoms with Crippen LogP contribution in [-0.2, 0) is 25.7 Å². The Balaban J connectivity index is 1.37. The Morgan fingerprint density at radius 2 is 2.14 bits per heavy atom. The SMILES string of the molecule is Cc1oc(=O)oc1COC(=O)C1=C(COc2cccc(C#N)c2)CS[C@H]2C(NC(=O)C(=NO)c3csc(N)n3)C(=O)N12. The molecule has 5 rings (SSSR count). The number of esters is 1. The fourth-order valence-corrected chi connectivity index (χ4v) is 6.01. The van der Waals surface area contributed by atoms with Crippen LogP contribution in [-0.4, -0.2) is 62.4 Å². The summed E-state index contributed by atoms with van der Waals surface area (Å²) in [5, 5.41) is 24.9. The zero-order valence-corrected chi connectivity index (χ0v) is 23.2. The molecule has 0 spiro atoms. The molecule has 2 aliphatic rings. The highest BCUT2D eigenvalue weighted by Gasteiger charge is 2.55. The number of rotatable bonds is 9. The van der Waals surface area contributed by atoms with Crippen LogP contribution in [0.1, 0.15) is 22.8 Å². The number of nitrogens with one attached hydrogen (secondary N) is 1. The van der Waals surface area contributed by atoms with Crippen molar-refractivity contribution >= 4 is 51.7 Å². The molecule has 4 N–H and O–H groups in total. The summed E-state index contributed by atoms with van der Waals surface area (Å²) in [4.78, 5) is 55.9. The van der Waals surface area contributed by atoms with Crippen molar-refractivity contribution < 1.29 is 37.9 Å². The number of nitrogen functional groups attached to an aromatic ring is 1. The van der Waals surface area contributed by atoms with E-state index in [4.69, 9.17) is 29.3 Å². The summed E-state index contributed by atoms with van der Waals surface area (Å²) in [6.45, 7) is 0.906. The average molecular weight is 613 g/mol. The summed E-state index contributed by atoms with van der Waals surface area (Å²) in [6.07, 6.45) is 0. The minimum absolute atomic E-state index is 0.000348. The third-order valence-corrected chi connectivity index (χ3v) is 8.17. The van der Waals surface area contributed by atoms with Crippen LogP contribution < -0.4 is 21.6 Å². The molecule has 0 saturated carbocycles. The van der Waals surface area contributed by atoms with Crippen molar-refractivity contribution in [1.82, 2.24) is 15.2 Å². The molecule has 0 bridgehead atoms. The van der Waals surface area contributed by atoms with Crippen molar-refractivity contribution in [2.75, 3.05) is 18.1 Å². The smallest absolute Gasteiger partial charge is 0.489 e. The summed E-state index contributed by atoms with van der Waals surface area (Å²) < 4.78 is 20.8. The van der Waals surface area contributed by atoms with Crippen molar-refractivity contribution in [3.8, 4) is 11.8 Å². The van der Waals surface area contributed by atoms with Gasteiger partial charge in [-0.25, -0.2) is 14.6 Å². The van der Waals surface area contributed by atoms with Crippen molar-refractivity contribution in [1.29, 1.82) is 5.26 Å². The van der Waals surface area contributed by atoms with E-state index < -0.39 is 47.3 Å². The van der Waals surface area contributed by atoms with Crippen LogP contribution in [0.25, 0.3) is 0 Å². The number of hydrogen-bond donors (Lipinski definition) is 3. The molecule has 2 aliphatic heterocycles. The number of aryl methyl sites for hydroxylation is 1. The lowest BCUT2D eigenvalue weighted by Gasteiger charge is -2.49. The van der Waals surface area contributed by atoms with Crippen LogP contribution >= 0.6 is 23.1 Å². The van der Waals surface area contributed by atoms with Gasteiger partial charge in [-0.15, -0.1) is 23.1 Å². The number of nitrogens with two attached hydrogens (primary N) is 1. The van der Waals surface area contributed by atoms with Crippen LogP contribution in [0.2, 0.25) is 0 Å². The first-order chi connectivity index (χ1) is 20.2. The second-order valence-electron chi connectivity index (χ2n) is 8.77. The second-order valence-corrected chi connectivity index (χ2v) is 10.8. The van der Waals surface area contributed by atoms with Gasteiger partial charge in [-0.1, -0.05) is 11.2 Å². The third kappa shape index (κ3) is 5.57. The third-order valence-electron chi connectivity index (χ3n) is 6.15. The van der Waals surface area contributed by atoms with Crippen molar-refractivity contribution in [3.63, 3.8) is 0 Å². The van der Waals surface area contributed by atoms with Gasteiger partial charge in [0.1, 0.15) is 35.2 Å². The maximum atomic E-state index is 13.3. The van der Waals surface area contributed by atoms with E-state index in [-0.39, 0.29) is 40.4 Å². The standard InChI is InChI=1S/C25H20N6O9S2/c1-11-16(40-25(35)39-11)8-38-23(34)19-13(7-37-14-4-2-3-12(5-14)6-26)9-41-22-18(21(33)31(19)22)29-20(32)17(30-36)15-10-42-24(27)28-15/h2-5,10,18,22,36H,7-9H2,1H3,(H2,27,28)(H,29,32)/t18?,22-/m0/s1. The first kappa shape index (κ1) is 28.4. The number of nitrogens with zero attached hydrogens (tertiary/aromatic N) is 4. The Hall–Kier alpha value is -5.08. The van der Waals surface area contributed by atoms with Gasteiger partial charge in [0.05, 0.1) is 11.6 Å². The molecule has 1 aromatic carbocycles. The Labute approximate surface area is 244 Å². The van der Waals surface area contributed by atoms with Crippen LogP contribution in [0.5, 0.6) is 5.75 Å². The molecule has 2 atom stereocenters. The Kier molecular flexibility index (Phi) is 7.99. The number of nitriles is 1. The summed E-state index contributed by atoms with van der Waals surface area (Å²) in [6, 6.07) is 7.35. The summed E-state index contributed by atoms with van der Waals surface area (Å²) in [5.74, 6) is -2.64. The van der Waals surface area contributed by atoms with Gasteiger partial charge in [-0.05, 0) is 25.1 Å². The molecule has 4 heterocycles. The zero-order valence-electron chi connectivity index (χ0n) is 21.6. The topological polar surface area (TPSA) is 224 Å². The lowest BCUT2D eigenvalue weighted by molar-refractivity contribution is -0.153. The predicted octanol–water partition coefficient (Wildman–Crippen LogP) is 1.11. The van der Waals surface area contributed by atoms with Gasteiger partial charge < -0.3 is 34.6 Å². The Morgan fingerprint density at radius 1 is 1.33 bits per heavy atom. The van der Waals surface area contributed by atoms with Gasteiger partial charge in [0.25, 0.3) is 11.8 Å². The number of benzene rings is 1. The number of aromatic nitrogens is 1. The minimum Gasteiger partial charge on any atom is -0.489 e. The van der Waals surface area contributed by atoms with E-state index in [2.05, 4.69) is 15.5 Å². The molecule has 216 valence electrons. The zero-order chi connectivity index (χ0) is 30.0. The first-order valence-corrected chi connectivity index (χ1v) is 13.9. The number of oxime groups is 1. The molecule has 1 fully saturated rings. The largest absolute Gasteiger partial charge is 0.519 e. The number of carbonyl (C=O) groups is 3. The summed E-state index contributed by atoms with van der Waals surface area (Å²) in [7, 11) is 0. The van der Waals surface area contributed by atoms with E-state index in [1.807, 2.05) is 6.07 Å². The van der Waals surface area contributed by atoms with E-state index in [0.29, 0.717) is 16.9 Å². The molecular weight excluding hydrogens is 592 g/mol. The van der Waals surface area contributed by atoms with E-state index >= 15 is 0 Å². The maximum absolute atomic E-state index is 13.3. The van der Waals surface area contributed by atoms with Crippen molar-refractivity contribution in [2.24, 2.45) is 5.16 Å². The van der Waals surface area contributed by atoms with E-state index in [0.717, 1.165) is 11.3 Å². The maximum Gasteiger partial charge on any atom is 0.519 e. The lowest BCUT2D eigenvalue weighted by Crippen LogP contribution is -2.71. The number of thioether (sulfide) groups is 1. The van der Waals surface area contributed by atoms with Gasteiger partial charge in [-0.3, -0.25) is 14.5 Å². The predicted molar refractivity (Wildman–Crippen MR) is 145 cm³/mol. The molecule has 0 radical (unpaired) electrons. The number of β-lactam (4-membered cyclic amide) rings is 1. The number of hydrogen-bond acceptors (Lipinski definition) is 15. The number of thiazole rings is 1. The Morgan fingerprint density at radius 3 is 2.81 bits per heavy atom. The quantitative estimate of drug-likeness (QED) is 0.101. The summed E-state index contributed by atoms with van der Waals surface area (Å²) in [5.41, 5.74) is 5.87. The van der Waals surface area contributed by atoms with E-state index in [1.54, 1.807) is 18.2 Å². The lowest BCUT2D eigenvalue weighted by atomic mass is 10.0. The van der Waals surface area contributed by atoms with Crippen LogP contribution in [0, 0.1) is 18.3 Å². The van der Waals surface area contributed by atoms with Crippen LogP contribution in [0.15, 0.2) is 59.7 Å². The van der Waals surface area contributed by atoms with Gasteiger partial charge in [0, 0.05) is 16.7 Å². The van der Waals surface area contributed by atoms with Gasteiger partial charge in [0.2, 0.25) is 0 Å². The van der Waals surface area contributed by atoms with Gasteiger partial charge >= 0.3 is 11.8 Å². The number of fused-ring (bicyclic) bond motifs is 1. The second kappa shape index (κ2) is 11.8. The van der Waals surface area contributed by atoms with E-state index in [9.17, 15) is 24.4 Å². The fourth-order valence-electron chi connectivity index (χ4n) is 4.13. The average Bonchev–Trinajstić information content (AvgIpc) is 3.56. The molecule has 2 amide bonds. The molecule has 1 unspecified atom stereocenters. The highest BCUT2D eigenvalue weighted by molar-refractivity contribution is 8.00. The van der Waals surface area contributed by atoms with Gasteiger partial charge in [0.15, 0.2) is 29.0 Å². The normalized spacial score (nSPS) is 18.1. The van der Waals surface area contributed by atoms with Crippen LogP contribution in [0.4, 0.5) is 5.13 Å². The van der Waals surface area contributed by atoms with Crippen molar-refractivity contribution in [3.05, 3.63) is 74.3 Å². The molecule has 15 nitrogen and oxygen atoms in total. The number of ether oxygens (including phenoxy) is 2. The first-order valence-electron chi connectivity index (χ1n) is 12.0. The molecule has 3 aromatic rings. The van der Waals surface area contributed by atoms with Crippen molar-refractivity contribution in [2.45, 2.75) is 24.9 Å². The monoisotopic (exact) mass is 612 g/mol. The van der Waals surface area contributed by atoms with Crippen LogP contribution in [0.3, 0.4) is 0 Å². The molecule has 17 heteroatoms. The molecule has 0 aliphatic carbocycles. The highest BCUT2D eigenvalue weighted by Crippen LogP contribution is 2.41. The molecule has 42 heavy (non-hydrogen) atoms.